The van der Waals surface area contributed by atoms with Gasteiger partial charge in [-0.05, 0) is 11.6 Å². The molecule has 5 heteroatoms. The maximum atomic E-state index is 13.3. The first kappa shape index (κ1) is 12.4. The smallest absolute Gasteiger partial charge is 0.322 e. The SMILES string of the molecule is COC(=O)C(N)Cc1cccc(F)c1OC. The molecular formula is C11H14FNO3. The first-order valence-electron chi connectivity index (χ1n) is 4.75. The summed E-state index contributed by atoms with van der Waals surface area (Å²) >= 11 is 0. The van der Waals surface area contributed by atoms with Gasteiger partial charge in [-0.1, -0.05) is 12.1 Å². The quantitative estimate of drug-likeness (QED) is 0.775. The molecule has 0 fully saturated rings. The van der Waals surface area contributed by atoms with Gasteiger partial charge in [-0.15, -0.1) is 0 Å². The van der Waals surface area contributed by atoms with Crippen molar-refractivity contribution in [2.75, 3.05) is 14.2 Å². The average Bonchev–Trinajstić information content (AvgIpc) is 2.28. The van der Waals surface area contributed by atoms with Gasteiger partial charge in [0.05, 0.1) is 14.2 Å². The van der Waals surface area contributed by atoms with Crippen LogP contribution in [0.4, 0.5) is 4.39 Å². The van der Waals surface area contributed by atoms with Crippen LogP contribution >= 0.6 is 0 Å². The second kappa shape index (κ2) is 5.46. The monoisotopic (exact) mass is 227 g/mol. The lowest BCUT2D eigenvalue weighted by molar-refractivity contribution is -0.142. The molecule has 88 valence electrons. The van der Waals surface area contributed by atoms with Gasteiger partial charge in [0.2, 0.25) is 0 Å². The molecular weight excluding hydrogens is 213 g/mol. The Morgan fingerprint density at radius 3 is 2.75 bits per heavy atom. The van der Waals surface area contributed by atoms with Crippen LogP contribution in [0.1, 0.15) is 5.56 Å². The van der Waals surface area contributed by atoms with Crippen molar-refractivity contribution in [2.24, 2.45) is 5.73 Å². The van der Waals surface area contributed by atoms with Crippen LogP contribution in [-0.4, -0.2) is 26.2 Å². The van der Waals surface area contributed by atoms with Crippen LogP contribution in [0, 0.1) is 5.82 Å². The van der Waals surface area contributed by atoms with E-state index < -0.39 is 17.8 Å². The van der Waals surface area contributed by atoms with Crippen molar-refractivity contribution < 1.29 is 18.7 Å². The van der Waals surface area contributed by atoms with E-state index in [1.807, 2.05) is 0 Å². The summed E-state index contributed by atoms with van der Waals surface area (Å²) in [5.74, 6) is -0.898. The number of halogens is 1. The van der Waals surface area contributed by atoms with E-state index >= 15 is 0 Å². The van der Waals surface area contributed by atoms with E-state index in [1.165, 1.54) is 26.4 Å². The summed E-state index contributed by atoms with van der Waals surface area (Å²) in [6.45, 7) is 0. The third kappa shape index (κ3) is 2.70. The van der Waals surface area contributed by atoms with Gasteiger partial charge < -0.3 is 15.2 Å². The summed E-state index contributed by atoms with van der Waals surface area (Å²) in [6, 6.07) is 3.66. The predicted octanol–water partition coefficient (Wildman–Crippen LogP) is 0.877. The van der Waals surface area contributed by atoms with E-state index in [0.717, 1.165) is 0 Å². The third-order valence-corrected chi connectivity index (χ3v) is 2.20. The highest BCUT2D eigenvalue weighted by molar-refractivity contribution is 5.75. The molecule has 0 heterocycles. The molecule has 2 N–H and O–H groups in total. The normalized spacial score (nSPS) is 12.0. The number of ether oxygens (including phenoxy) is 2. The molecule has 1 unspecified atom stereocenters. The molecule has 4 nitrogen and oxygen atoms in total. The molecule has 1 atom stereocenters. The zero-order valence-corrected chi connectivity index (χ0v) is 9.20. The number of methoxy groups -OCH3 is 2. The summed E-state index contributed by atoms with van der Waals surface area (Å²) in [4.78, 5) is 11.1. The molecule has 1 aromatic carbocycles. The van der Waals surface area contributed by atoms with Gasteiger partial charge in [0, 0.05) is 6.42 Å². The van der Waals surface area contributed by atoms with Gasteiger partial charge >= 0.3 is 5.97 Å². The average molecular weight is 227 g/mol. The lowest BCUT2D eigenvalue weighted by Gasteiger charge is -2.12. The molecule has 16 heavy (non-hydrogen) atoms. The zero-order valence-electron chi connectivity index (χ0n) is 9.20. The van der Waals surface area contributed by atoms with E-state index in [1.54, 1.807) is 6.07 Å². The second-order valence-electron chi connectivity index (χ2n) is 3.27. The van der Waals surface area contributed by atoms with Crippen molar-refractivity contribution in [3.05, 3.63) is 29.6 Å². The highest BCUT2D eigenvalue weighted by atomic mass is 19.1. The summed E-state index contributed by atoms with van der Waals surface area (Å²) in [5.41, 5.74) is 6.12. The fraction of sp³-hybridized carbons (Fsp3) is 0.364. The number of nitrogens with two attached hydrogens (primary N) is 1. The fourth-order valence-electron chi connectivity index (χ4n) is 1.41. The van der Waals surface area contributed by atoms with E-state index in [2.05, 4.69) is 4.74 Å². The van der Waals surface area contributed by atoms with Crippen molar-refractivity contribution in [3.63, 3.8) is 0 Å². The molecule has 0 aromatic heterocycles. The first-order valence-corrected chi connectivity index (χ1v) is 4.75. The number of rotatable bonds is 4. The summed E-state index contributed by atoms with van der Waals surface area (Å²) in [6.07, 6.45) is 0.174. The molecule has 0 spiro atoms. The second-order valence-corrected chi connectivity index (χ2v) is 3.27. The number of esters is 1. The minimum absolute atomic E-state index is 0.113. The predicted molar refractivity (Wildman–Crippen MR) is 56.6 cm³/mol. The Hall–Kier alpha value is -1.62. The molecule has 1 rings (SSSR count). The van der Waals surface area contributed by atoms with Gasteiger partial charge in [-0.3, -0.25) is 4.79 Å². The van der Waals surface area contributed by atoms with Crippen LogP contribution in [0.5, 0.6) is 5.75 Å². The van der Waals surface area contributed by atoms with Gasteiger partial charge in [0.1, 0.15) is 6.04 Å². The number of hydrogen-bond acceptors (Lipinski definition) is 4. The minimum atomic E-state index is -0.819. The summed E-state index contributed by atoms with van der Waals surface area (Å²) in [5, 5.41) is 0. The van der Waals surface area contributed by atoms with E-state index in [9.17, 15) is 9.18 Å². The maximum absolute atomic E-state index is 13.3. The molecule has 0 radical (unpaired) electrons. The number of carbonyl (C=O) groups is 1. The van der Waals surface area contributed by atoms with Crippen molar-refractivity contribution >= 4 is 5.97 Å². The van der Waals surface area contributed by atoms with Crippen LogP contribution in [0.25, 0.3) is 0 Å². The Balaban J connectivity index is 2.88. The fourth-order valence-corrected chi connectivity index (χ4v) is 1.41. The van der Waals surface area contributed by atoms with Crippen LogP contribution in [-0.2, 0) is 16.0 Å². The Morgan fingerprint density at radius 1 is 1.50 bits per heavy atom. The number of para-hydroxylation sites is 1. The number of benzene rings is 1. The van der Waals surface area contributed by atoms with Gasteiger partial charge in [0.25, 0.3) is 0 Å². The Morgan fingerprint density at radius 2 is 2.19 bits per heavy atom. The Kier molecular flexibility index (Phi) is 4.25. The lowest BCUT2D eigenvalue weighted by Crippen LogP contribution is -2.33. The van der Waals surface area contributed by atoms with E-state index in [-0.39, 0.29) is 12.2 Å². The highest BCUT2D eigenvalue weighted by Gasteiger charge is 2.18. The molecule has 0 aliphatic heterocycles. The topological polar surface area (TPSA) is 61.5 Å². The minimum Gasteiger partial charge on any atom is -0.493 e. The molecule has 0 aliphatic rings. The van der Waals surface area contributed by atoms with Gasteiger partial charge in [-0.2, -0.15) is 0 Å². The van der Waals surface area contributed by atoms with E-state index in [4.69, 9.17) is 10.5 Å². The van der Waals surface area contributed by atoms with Crippen LogP contribution in [0.2, 0.25) is 0 Å². The molecule has 0 bridgehead atoms. The third-order valence-electron chi connectivity index (χ3n) is 2.20. The largest absolute Gasteiger partial charge is 0.493 e. The van der Waals surface area contributed by atoms with Gasteiger partial charge in [-0.25, -0.2) is 4.39 Å². The van der Waals surface area contributed by atoms with Crippen molar-refractivity contribution in [3.8, 4) is 5.75 Å². The van der Waals surface area contributed by atoms with Crippen LogP contribution < -0.4 is 10.5 Å². The molecule has 0 saturated carbocycles. The lowest BCUT2D eigenvalue weighted by atomic mass is 10.1. The standard InChI is InChI=1S/C11H14FNO3/c1-15-10-7(4-3-5-8(10)12)6-9(13)11(14)16-2/h3-5,9H,6,13H2,1-2H3. The molecule has 1 aromatic rings. The Bertz CT molecular complexity index is 381. The number of carbonyl (C=O) groups excluding carboxylic acids is 1. The van der Waals surface area contributed by atoms with Crippen molar-refractivity contribution in [1.29, 1.82) is 0 Å². The van der Waals surface area contributed by atoms with Crippen LogP contribution in [0.15, 0.2) is 18.2 Å². The molecule has 0 amide bonds. The zero-order chi connectivity index (χ0) is 12.1. The Labute approximate surface area is 93.2 Å². The van der Waals surface area contributed by atoms with Crippen molar-refractivity contribution in [1.82, 2.24) is 0 Å². The summed E-state index contributed by atoms with van der Waals surface area (Å²) < 4.78 is 22.7. The molecule has 0 saturated heterocycles. The van der Waals surface area contributed by atoms with Gasteiger partial charge in [0.15, 0.2) is 11.6 Å². The summed E-state index contributed by atoms with van der Waals surface area (Å²) in [7, 11) is 2.62. The van der Waals surface area contributed by atoms with Crippen LogP contribution in [0.3, 0.4) is 0 Å². The maximum Gasteiger partial charge on any atom is 0.322 e. The van der Waals surface area contributed by atoms with E-state index in [0.29, 0.717) is 5.56 Å². The first-order chi connectivity index (χ1) is 7.60. The van der Waals surface area contributed by atoms with Crippen molar-refractivity contribution in [2.45, 2.75) is 12.5 Å². The number of hydrogen-bond donors (Lipinski definition) is 1. The highest BCUT2D eigenvalue weighted by Crippen LogP contribution is 2.23. The molecule has 0 aliphatic carbocycles.